The third-order valence-electron chi connectivity index (χ3n) is 4.74. The van der Waals surface area contributed by atoms with Crippen LogP contribution in [-0.4, -0.2) is 10.5 Å². The number of hydrazine groups is 1. The fourth-order valence-corrected chi connectivity index (χ4v) is 3.37. The fraction of sp³-hybridized carbons (Fsp3) is 0.438. The summed E-state index contributed by atoms with van der Waals surface area (Å²) in [5.41, 5.74) is 8.87. The van der Waals surface area contributed by atoms with E-state index in [0.717, 1.165) is 19.3 Å². The van der Waals surface area contributed by atoms with E-state index in [1.54, 1.807) is 0 Å². The van der Waals surface area contributed by atoms with Gasteiger partial charge in [0.2, 0.25) is 5.91 Å². The molecule has 0 fully saturated rings. The molecule has 4 nitrogen and oxygen atoms in total. The van der Waals surface area contributed by atoms with Crippen LogP contribution in [0.1, 0.15) is 28.8 Å². The van der Waals surface area contributed by atoms with Crippen molar-refractivity contribution in [1.29, 1.82) is 0 Å². The summed E-state index contributed by atoms with van der Waals surface area (Å²) in [7, 11) is 2.12. The van der Waals surface area contributed by atoms with E-state index in [2.05, 4.69) is 43.0 Å². The summed E-state index contributed by atoms with van der Waals surface area (Å²) in [6.45, 7) is 4.28. The third-order valence-corrected chi connectivity index (χ3v) is 4.74. The molecule has 0 radical (unpaired) electrons. The number of nitrogens with two attached hydrogens (primary N) is 1. The number of hydrogen-bond donors (Lipinski definition) is 2. The second-order valence-corrected chi connectivity index (χ2v) is 5.89. The lowest BCUT2D eigenvalue weighted by atomic mass is 9.85. The first-order valence-electron chi connectivity index (χ1n) is 7.10. The number of aryl methyl sites for hydroxylation is 3. The topological polar surface area (TPSA) is 60.0 Å². The molecule has 3 N–H and O–H groups in total. The molecule has 3 rings (SSSR count). The molecule has 0 saturated heterocycles. The first-order valence-corrected chi connectivity index (χ1v) is 7.10. The molecule has 1 aliphatic carbocycles. The van der Waals surface area contributed by atoms with Gasteiger partial charge >= 0.3 is 0 Å². The maximum Gasteiger partial charge on any atom is 0.237 e. The number of benzene rings is 1. The molecule has 106 valence electrons. The summed E-state index contributed by atoms with van der Waals surface area (Å²) in [6.07, 6.45) is 2.60. The van der Waals surface area contributed by atoms with Gasteiger partial charge in [-0.25, -0.2) is 5.84 Å². The zero-order chi connectivity index (χ0) is 14.4. The number of carbonyl (C=O) groups excluding carboxylic acids is 1. The van der Waals surface area contributed by atoms with Crippen LogP contribution >= 0.6 is 0 Å². The van der Waals surface area contributed by atoms with Crippen LogP contribution in [0.2, 0.25) is 0 Å². The zero-order valence-corrected chi connectivity index (χ0v) is 12.3. The van der Waals surface area contributed by atoms with Gasteiger partial charge in [0, 0.05) is 29.6 Å². The Bertz CT molecular complexity index is 700. The van der Waals surface area contributed by atoms with Crippen molar-refractivity contribution in [3.8, 4) is 0 Å². The minimum atomic E-state index is -0.0449. The number of nitrogens with zero attached hydrogens (tertiary/aromatic N) is 1. The average molecular weight is 271 g/mol. The van der Waals surface area contributed by atoms with E-state index in [1.165, 1.54) is 33.3 Å². The van der Waals surface area contributed by atoms with Crippen LogP contribution in [0, 0.1) is 19.8 Å². The Morgan fingerprint density at radius 2 is 2.05 bits per heavy atom. The number of amides is 1. The van der Waals surface area contributed by atoms with E-state index in [-0.39, 0.29) is 11.8 Å². The van der Waals surface area contributed by atoms with E-state index in [9.17, 15) is 4.79 Å². The van der Waals surface area contributed by atoms with E-state index in [4.69, 9.17) is 5.84 Å². The van der Waals surface area contributed by atoms with Gasteiger partial charge in [0.15, 0.2) is 0 Å². The molecule has 0 saturated carbocycles. The van der Waals surface area contributed by atoms with Crippen LogP contribution in [-0.2, 0) is 24.7 Å². The Morgan fingerprint density at radius 3 is 2.75 bits per heavy atom. The van der Waals surface area contributed by atoms with Gasteiger partial charge in [-0.2, -0.15) is 0 Å². The number of carbonyl (C=O) groups is 1. The van der Waals surface area contributed by atoms with Gasteiger partial charge in [-0.05, 0) is 61.9 Å². The van der Waals surface area contributed by atoms with Crippen molar-refractivity contribution in [2.75, 3.05) is 0 Å². The highest BCUT2D eigenvalue weighted by atomic mass is 16.2. The Morgan fingerprint density at radius 1 is 1.35 bits per heavy atom. The molecule has 1 unspecified atom stereocenters. The SMILES string of the molecule is Cc1cc2c3c(n(C)c2cc1C)CCC(C(=O)NN)C3. The largest absolute Gasteiger partial charge is 0.347 e. The van der Waals surface area contributed by atoms with Crippen molar-refractivity contribution in [3.05, 3.63) is 34.5 Å². The summed E-state index contributed by atoms with van der Waals surface area (Å²) < 4.78 is 2.29. The van der Waals surface area contributed by atoms with Crippen LogP contribution in [0.4, 0.5) is 0 Å². The van der Waals surface area contributed by atoms with E-state index in [1.807, 2.05) is 0 Å². The minimum absolute atomic E-state index is 0.000269. The van der Waals surface area contributed by atoms with E-state index in [0.29, 0.717) is 0 Å². The van der Waals surface area contributed by atoms with Gasteiger partial charge in [0.05, 0.1) is 0 Å². The molecule has 1 amide bonds. The molecule has 0 spiro atoms. The van der Waals surface area contributed by atoms with Gasteiger partial charge in [0.25, 0.3) is 0 Å². The molecule has 1 heterocycles. The molecule has 0 aliphatic heterocycles. The second kappa shape index (κ2) is 4.63. The normalized spacial score (nSPS) is 18.1. The molecular weight excluding hydrogens is 250 g/mol. The Balaban J connectivity index is 2.15. The summed E-state index contributed by atoms with van der Waals surface area (Å²) in [6, 6.07) is 4.51. The monoisotopic (exact) mass is 271 g/mol. The quantitative estimate of drug-likeness (QED) is 0.473. The molecule has 1 aromatic heterocycles. The van der Waals surface area contributed by atoms with Crippen molar-refractivity contribution in [1.82, 2.24) is 9.99 Å². The molecule has 2 aromatic rings. The lowest BCUT2D eigenvalue weighted by Gasteiger charge is -2.21. The van der Waals surface area contributed by atoms with Gasteiger partial charge in [-0.3, -0.25) is 10.2 Å². The summed E-state index contributed by atoms with van der Waals surface area (Å²) in [5.74, 6) is 5.23. The van der Waals surface area contributed by atoms with Crippen molar-refractivity contribution in [3.63, 3.8) is 0 Å². The highest BCUT2D eigenvalue weighted by molar-refractivity contribution is 5.88. The van der Waals surface area contributed by atoms with Gasteiger partial charge in [-0.15, -0.1) is 0 Å². The van der Waals surface area contributed by atoms with Crippen molar-refractivity contribution >= 4 is 16.8 Å². The summed E-state index contributed by atoms with van der Waals surface area (Å²) in [5, 5.41) is 1.29. The minimum Gasteiger partial charge on any atom is -0.347 e. The molecule has 1 aromatic carbocycles. The smallest absolute Gasteiger partial charge is 0.237 e. The van der Waals surface area contributed by atoms with Crippen LogP contribution in [0.5, 0.6) is 0 Å². The van der Waals surface area contributed by atoms with E-state index >= 15 is 0 Å². The van der Waals surface area contributed by atoms with Crippen LogP contribution in [0.25, 0.3) is 10.9 Å². The molecule has 1 atom stereocenters. The second-order valence-electron chi connectivity index (χ2n) is 5.89. The number of nitrogens with one attached hydrogen (secondary N) is 1. The van der Waals surface area contributed by atoms with Gasteiger partial charge < -0.3 is 4.57 Å². The zero-order valence-electron chi connectivity index (χ0n) is 12.3. The predicted molar refractivity (Wildman–Crippen MR) is 80.2 cm³/mol. The highest BCUT2D eigenvalue weighted by Gasteiger charge is 2.28. The number of rotatable bonds is 1. The standard InChI is InChI=1S/C16H21N3O/c1-9-6-12-13-8-11(16(20)18-17)4-5-14(13)19(3)15(12)7-10(9)2/h6-7,11H,4-5,8,17H2,1-3H3,(H,18,20). The Labute approximate surface area is 118 Å². The first kappa shape index (κ1) is 13.2. The van der Waals surface area contributed by atoms with Crippen LogP contribution in [0.15, 0.2) is 12.1 Å². The fourth-order valence-electron chi connectivity index (χ4n) is 3.37. The maximum absolute atomic E-state index is 11.8. The van der Waals surface area contributed by atoms with Crippen LogP contribution < -0.4 is 11.3 Å². The molecule has 0 bridgehead atoms. The van der Waals surface area contributed by atoms with Crippen LogP contribution in [0.3, 0.4) is 0 Å². The Kier molecular flexibility index (Phi) is 3.05. The lowest BCUT2D eigenvalue weighted by molar-refractivity contribution is -0.125. The summed E-state index contributed by atoms with van der Waals surface area (Å²) >= 11 is 0. The maximum atomic E-state index is 11.8. The third kappa shape index (κ3) is 1.83. The molecule has 4 heteroatoms. The van der Waals surface area contributed by atoms with Gasteiger partial charge in [0.1, 0.15) is 0 Å². The number of hydrogen-bond acceptors (Lipinski definition) is 2. The molecule has 20 heavy (non-hydrogen) atoms. The number of fused-ring (bicyclic) bond motifs is 3. The molecular formula is C16H21N3O. The van der Waals surface area contributed by atoms with E-state index < -0.39 is 0 Å². The van der Waals surface area contributed by atoms with Gasteiger partial charge in [-0.1, -0.05) is 0 Å². The predicted octanol–water partition coefficient (Wildman–Crippen LogP) is 1.89. The highest BCUT2D eigenvalue weighted by Crippen LogP contribution is 2.35. The lowest BCUT2D eigenvalue weighted by Crippen LogP contribution is -2.38. The van der Waals surface area contributed by atoms with Crippen molar-refractivity contribution in [2.24, 2.45) is 18.8 Å². The first-order chi connectivity index (χ1) is 9.52. The van der Waals surface area contributed by atoms with Crippen molar-refractivity contribution < 1.29 is 4.79 Å². The van der Waals surface area contributed by atoms with Crippen molar-refractivity contribution in [2.45, 2.75) is 33.1 Å². The molecule has 1 aliphatic rings. The average Bonchev–Trinajstić information content (AvgIpc) is 2.71. The number of aromatic nitrogens is 1. The Hall–Kier alpha value is -1.81. The summed E-state index contributed by atoms with van der Waals surface area (Å²) in [4.78, 5) is 11.8.